The van der Waals surface area contributed by atoms with Gasteiger partial charge in [0.15, 0.2) is 23.0 Å². The summed E-state index contributed by atoms with van der Waals surface area (Å²) >= 11 is 0. The minimum absolute atomic E-state index is 0.00162. The smallest absolute Gasteiger partial charge is 0.292 e. The molecule has 4 aromatic heterocycles. The van der Waals surface area contributed by atoms with Gasteiger partial charge in [-0.3, -0.25) is 0 Å². The molecule has 0 saturated carbocycles. The summed E-state index contributed by atoms with van der Waals surface area (Å²) in [6.07, 6.45) is 0. The highest BCUT2D eigenvalue weighted by molar-refractivity contribution is 5.91. The van der Waals surface area contributed by atoms with Crippen LogP contribution < -0.4 is 11.5 Å². The molecule has 22 nitrogen and oxygen atoms in total. The Balaban J connectivity index is 1.95. The summed E-state index contributed by atoms with van der Waals surface area (Å²) in [4.78, 5) is 5.34. The van der Waals surface area contributed by atoms with Crippen LogP contribution in [0.15, 0.2) is 24.6 Å². The largest absolute Gasteiger partial charge is 0.408 e. The number of nitrogens with zero attached hydrogens (tertiary/aromatic N) is 17. The van der Waals surface area contributed by atoms with Gasteiger partial charge in [-0.25, -0.2) is 9.26 Å². The average Bonchev–Trinajstić information content (AvgIpc) is 3.59. The molecule has 4 rings (SSSR count). The molecule has 0 saturated heterocycles. The van der Waals surface area contributed by atoms with Gasteiger partial charge in [0.25, 0.3) is 5.96 Å². The van der Waals surface area contributed by atoms with E-state index in [2.05, 4.69) is 75.7 Å². The Morgan fingerprint density at radius 2 is 1.30 bits per heavy atom. The Morgan fingerprint density at radius 3 is 1.64 bits per heavy atom. The monoisotopic (exact) mass is 455 g/mol. The Bertz CT molecular complexity index is 1320. The molecular formula is C11H9N19O3. The van der Waals surface area contributed by atoms with Crippen molar-refractivity contribution in [1.82, 2.24) is 50.6 Å². The third-order valence-electron chi connectivity index (χ3n) is 3.99. The summed E-state index contributed by atoms with van der Waals surface area (Å²) in [5, 5.41) is 49.9. The molecule has 0 amide bonds. The molecule has 0 unspecified atom stereocenters. The van der Waals surface area contributed by atoms with Gasteiger partial charge in [-0.15, -0.1) is 10.2 Å². The minimum Gasteiger partial charge on any atom is -0.408 e. The number of nitrogens with two attached hydrogens (primary N) is 2. The quantitative estimate of drug-likeness (QED) is 0.0650. The maximum atomic E-state index is 9.85. The van der Waals surface area contributed by atoms with Gasteiger partial charge in [0.1, 0.15) is 11.4 Å². The Morgan fingerprint density at radius 1 is 0.848 bits per heavy atom. The highest BCUT2D eigenvalue weighted by Gasteiger charge is 2.30. The number of oxime groups is 1. The standard InChI is InChI=1S/C11H9N19O3/c12-9-5(21-32-23-9)7-3(1-16-25-14)18-27-29(7)11(20-31)30-8(6-10(13)24-33-22-6)4(19-28-30)2-17-26-15/h31H,1-2H2,(H2,12,23)(H2,13,24). The Labute approximate surface area is 178 Å². The first-order valence-electron chi connectivity index (χ1n) is 8.41. The second-order valence-corrected chi connectivity index (χ2v) is 5.77. The molecule has 0 aliphatic carbocycles. The normalized spacial score (nSPS) is 10.4. The fourth-order valence-electron chi connectivity index (χ4n) is 2.68. The van der Waals surface area contributed by atoms with Crippen LogP contribution in [0.5, 0.6) is 0 Å². The van der Waals surface area contributed by atoms with Crippen LogP contribution in [0.2, 0.25) is 0 Å². The maximum Gasteiger partial charge on any atom is 0.292 e. The van der Waals surface area contributed by atoms with Gasteiger partial charge >= 0.3 is 0 Å². The number of hydrogen-bond acceptors (Lipinski definition) is 16. The number of aromatic nitrogens is 10. The lowest BCUT2D eigenvalue weighted by Crippen LogP contribution is -2.26. The van der Waals surface area contributed by atoms with Gasteiger partial charge in [-0.1, -0.05) is 20.7 Å². The summed E-state index contributed by atoms with van der Waals surface area (Å²) in [5.41, 5.74) is 29.0. The van der Waals surface area contributed by atoms with Crippen LogP contribution in [0.3, 0.4) is 0 Å². The SMILES string of the molecule is [N-]=[N+]=NCc1nnn(C(=NO)n2nnc(CN=[N+]=[N-])c2-c2nonc2N)c1-c1nonc1N. The fourth-order valence-corrected chi connectivity index (χ4v) is 2.68. The van der Waals surface area contributed by atoms with E-state index in [0.717, 1.165) is 9.36 Å². The van der Waals surface area contributed by atoms with Crippen LogP contribution in [0.4, 0.5) is 11.6 Å². The zero-order valence-corrected chi connectivity index (χ0v) is 15.9. The molecule has 5 N–H and O–H groups in total. The molecule has 0 radical (unpaired) electrons. The number of hydrogen-bond donors (Lipinski definition) is 3. The first kappa shape index (κ1) is 20.5. The molecule has 33 heavy (non-hydrogen) atoms. The predicted octanol–water partition coefficient (Wildman–Crippen LogP) is -0.104. The van der Waals surface area contributed by atoms with E-state index >= 15 is 0 Å². The van der Waals surface area contributed by atoms with Crippen molar-refractivity contribution in [2.24, 2.45) is 15.4 Å². The Hall–Kier alpha value is -5.75. The van der Waals surface area contributed by atoms with Gasteiger partial charge in [0.05, 0.1) is 24.5 Å². The summed E-state index contributed by atoms with van der Waals surface area (Å²) in [6.45, 7) is -0.549. The second-order valence-electron chi connectivity index (χ2n) is 5.77. The summed E-state index contributed by atoms with van der Waals surface area (Å²) in [7, 11) is 0. The lowest BCUT2D eigenvalue weighted by Gasteiger charge is -2.09. The molecule has 0 spiro atoms. The van der Waals surface area contributed by atoms with Crippen molar-refractivity contribution in [3.05, 3.63) is 32.3 Å². The van der Waals surface area contributed by atoms with E-state index in [0.29, 0.717) is 0 Å². The third kappa shape index (κ3) is 3.52. The van der Waals surface area contributed by atoms with E-state index in [-0.39, 0.29) is 58.9 Å². The van der Waals surface area contributed by atoms with Gasteiger partial charge in [0, 0.05) is 9.82 Å². The first-order chi connectivity index (χ1) is 16.1. The van der Waals surface area contributed by atoms with Crippen LogP contribution in [0, 0.1) is 0 Å². The van der Waals surface area contributed by atoms with Crippen LogP contribution >= 0.6 is 0 Å². The number of nitrogen functional groups attached to an aromatic ring is 2. The van der Waals surface area contributed by atoms with Crippen molar-refractivity contribution in [3.8, 4) is 22.8 Å². The zero-order valence-electron chi connectivity index (χ0n) is 15.9. The third-order valence-corrected chi connectivity index (χ3v) is 3.99. The molecule has 0 aliphatic rings. The molecular weight excluding hydrogens is 446 g/mol. The summed E-state index contributed by atoms with van der Waals surface area (Å²) in [6, 6.07) is 0. The van der Waals surface area contributed by atoms with Crippen molar-refractivity contribution < 1.29 is 14.5 Å². The number of rotatable bonds is 6. The van der Waals surface area contributed by atoms with E-state index in [4.69, 9.17) is 22.5 Å². The van der Waals surface area contributed by atoms with Crippen LogP contribution in [0.1, 0.15) is 11.4 Å². The van der Waals surface area contributed by atoms with Gasteiger partial charge in [-0.2, -0.15) is 9.36 Å². The van der Waals surface area contributed by atoms with Crippen LogP contribution in [-0.2, 0) is 13.1 Å². The van der Waals surface area contributed by atoms with Crippen molar-refractivity contribution in [1.29, 1.82) is 0 Å². The van der Waals surface area contributed by atoms with E-state index in [1.165, 1.54) is 0 Å². The molecule has 0 aliphatic heterocycles. The van der Waals surface area contributed by atoms with Crippen molar-refractivity contribution in [2.45, 2.75) is 13.1 Å². The predicted molar refractivity (Wildman–Crippen MR) is 101 cm³/mol. The zero-order chi connectivity index (χ0) is 23.4. The van der Waals surface area contributed by atoms with Crippen molar-refractivity contribution in [2.75, 3.05) is 11.5 Å². The first-order valence-corrected chi connectivity index (χ1v) is 8.41. The van der Waals surface area contributed by atoms with Gasteiger partial charge < -0.3 is 16.7 Å². The topological polar surface area (TPSA) is 321 Å². The van der Waals surface area contributed by atoms with Gasteiger partial charge in [-0.05, 0) is 36.8 Å². The van der Waals surface area contributed by atoms with Gasteiger partial charge in [0.2, 0.25) is 0 Å². The van der Waals surface area contributed by atoms with E-state index in [1.54, 1.807) is 0 Å². The van der Waals surface area contributed by atoms with Crippen molar-refractivity contribution >= 4 is 17.6 Å². The maximum absolute atomic E-state index is 9.85. The molecule has 0 atom stereocenters. The van der Waals surface area contributed by atoms with E-state index < -0.39 is 5.96 Å². The van der Waals surface area contributed by atoms with Crippen molar-refractivity contribution in [3.63, 3.8) is 0 Å². The fraction of sp³-hybridized carbons (Fsp3) is 0.182. The van der Waals surface area contributed by atoms with E-state index in [1.807, 2.05) is 0 Å². The van der Waals surface area contributed by atoms with E-state index in [9.17, 15) is 5.21 Å². The molecule has 0 aromatic carbocycles. The highest BCUT2D eigenvalue weighted by atomic mass is 16.6. The molecule has 22 heteroatoms. The molecule has 0 bridgehead atoms. The minimum atomic E-state index is -0.441. The molecule has 0 fully saturated rings. The highest BCUT2D eigenvalue weighted by Crippen LogP contribution is 2.28. The van der Waals surface area contributed by atoms with Crippen LogP contribution in [0.25, 0.3) is 43.7 Å². The summed E-state index contributed by atoms with van der Waals surface area (Å²) < 4.78 is 11.1. The number of azide groups is 2. The summed E-state index contributed by atoms with van der Waals surface area (Å²) in [5.74, 6) is -0.763. The lowest BCUT2D eigenvalue weighted by atomic mass is 10.2. The molecule has 166 valence electrons. The average molecular weight is 455 g/mol. The molecule has 4 heterocycles. The van der Waals surface area contributed by atoms with Crippen LogP contribution in [-0.4, -0.2) is 61.8 Å². The Kier molecular flexibility index (Phi) is 5.31. The lowest BCUT2D eigenvalue weighted by molar-refractivity contribution is 0.309. The molecule has 4 aromatic rings. The number of anilines is 2. The second kappa shape index (κ2) is 8.55.